The lowest BCUT2D eigenvalue weighted by atomic mass is 10.1. The highest BCUT2D eigenvalue weighted by Crippen LogP contribution is 2.24. The minimum atomic E-state index is 0. The lowest BCUT2D eigenvalue weighted by Gasteiger charge is -2.20. The molecule has 0 saturated carbocycles. The zero-order valence-corrected chi connectivity index (χ0v) is 10.1. The molecule has 4 heteroatoms. The van der Waals surface area contributed by atoms with Crippen molar-refractivity contribution < 1.29 is 0 Å². The number of aromatic nitrogens is 1. The summed E-state index contributed by atoms with van der Waals surface area (Å²) in [6.45, 7) is 4.27. The van der Waals surface area contributed by atoms with Crippen molar-refractivity contribution in [2.45, 2.75) is 13.3 Å². The predicted molar refractivity (Wildman–Crippen MR) is 64.2 cm³/mol. The molecule has 1 aromatic rings. The predicted octanol–water partition coefficient (Wildman–Crippen LogP) is 2.59. The first kappa shape index (κ1) is 11.7. The third-order valence-corrected chi connectivity index (χ3v) is 3.34. The van der Waals surface area contributed by atoms with Gasteiger partial charge in [-0.25, -0.2) is 4.98 Å². The molecule has 0 bridgehead atoms. The fourth-order valence-corrected chi connectivity index (χ4v) is 2.33. The molecule has 0 fully saturated rings. The molecular weight excluding hydrogens is 216 g/mol. The molecule has 2 heterocycles. The van der Waals surface area contributed by atoms with Crippen LogP contribution in [0.5, 0.6) is 0 Å². The smallest absolute Gasteiger partial charge is 0.119 e. The van der Waals surface area contributed by atoms with E-state index in [4.69, 9.17) is 0 Å². The Kier molecular flexibility index (Phi) is 4.11. The van der Waals surface area contributed by atoms with E-state index in [1.165, 1.54) is 10.6 Å². The third-order valence-electron chi connectivity index (χ3n) is 2.31. The topological polar surface area (TPSA) is 16.1 Å². The summed E-state index contributed by atoms with van der Waals surface area (Å²) in [4.78, 5) is 6.81. The van der Waals surface area contributed by atoms with Crippen LogP contribution in [-0.4, -0.2) is 30.0 Å². The Labute approximate surface area is 95.1 Å². The summed E-state index contributed by atoms with van der Waals surface area (Å²) in [7, 11) is 2.15. The molecule has 2 nitrogen and oxygen atoms in total. The lowest BCUT2D eigenvalue weighted by molar-refractivity contribution is 0.370. The van der Waals surface area contributed by atoms with Crippen LogP contribution in [0.2, 0.25) is 0 Å². The summed E-state index contributed by atoms with van der Waals surface area (Å²) in [5.74, 6) is 0. The van der Waals surface area contributed by atoms with Crippen molar-refractivity contribution in [2.75, 3.05) is 20.1 Å². The average molecular weight is 231 g/mol. The van der Waals surface area contributed by atoms with Crippen LogP contribution in [0.25, 0.3) is 5.57 Å². The largest absolute Gasteiger partial charge is 0.302 e. The number of aryl methyl sites for hydroxylation is 1. The number of hydrogen-bond donors (Lipinski definition) is 0. The summed E-state index contributed by atoms with van der Waals surface area (Å²) in [5.41, 5.74) is 2.57. The Hall–Kier alpha value is -0.380. The molecule has 0 atom stereocenters. The second-order valence-electron chi connectivity index (χ2n) is 3.54. The van der Waals surface area contributed by atoms with Gasteiger partial charge in [0.15, 0.2) is 0 Å². The Bertz CT molecular complexity index is 333. The molecule has 1 aliphatic heterocycles. The summed E-state index contributed by atoms with van der Waals surface area (Å²) in [6.07, 6.45) is 3.44. The van der Waals surface area contributed by atoms with E-state index < -0.39 is 0 Å². The minimum Gasteiger partial charge on any atom is -0.302 e. The molecule has 14 heavy (non-hydrogen) atoms. The molecule has 1 aliphatic rings. The normalized spacial score (nSPS) is 17.4. The van der Waals surface area contributed by atoms with Crippen LogP contribution in [-0.2, 0) is 0 Å². The van der Waals surface area contributed by atoms with Gasteiger partial charge in [-0.2, -0.15) is 0 Å². The molecular formula is C10H15ClN2S. The number of hydrogen-bond acceptors (Lipinski definition) is 3. The van der Waals surface area contributed by atoms with Crippen LogP contribution in [0.3, 0.4) is 0 Å². The van der Waals surface area contributed by atoms with Crippen LogP contribution in [0.4, 0.5) is 0 Å². The molecule has 0 amide bonds. The van der Waals surface area contributed by atoms with Gasteiger partial charge in [-0.05, 0) is 26.0 Å². The van der Waals surface area contributed by atoms with Crippen molar-refractivity contribution in [1.29, 1.82) is 0 Å². The fraction of sp³-hybridized carbons (Fsp3) is 0.500. The van der Waals surface area contributed by atoms with Crippen LogP contribution in [0.1, 0.15) is 17.1 Å². The van der Waals surface area contributed by atoms with Crippen LogP contribution < -0.4 is 0 Å². The van der Waals surface area contributed by atoms with E-state index in [1.54, 1.807) is 11.3 Å². The molecule has 0 radical (unpaired) electrons. The van der Waals surface area contributed by atoms with Gasteiger partial charge in [-0.3, -0.25) is 0 Å². The van der Waals surface area contributed by atoms with Crippen molar-refractivity contribution in [2.24, 2.45) is 0 Å². The minimum absolute atomic E-state index is 0. The monoisotopic (exact) mass is 230 g/mol. The molecule has 0 spiro atoms. The first-order valence-electron chi connectivity index (χ1n) is 4.56. The van der Waals surface area contributed by atoms with Crippen LogP contribution in [0.15, 0.2) is 11.5 Å². The van der Waals surface area contributed by atoms with Gasteiger partial charge in [-0.15, -0.1) is 23.7 Å². The molecule has 0 unspecified atom stereocenters. The maximum absolute atomic E-state index is 4.49. The van der Waals surface area contributed by atoms with E-state index in [9.17, 15) is 0 Å². The average Bonchev–Trinajstić information content (AvgIpc) is 2.53. The second-order valence-corrected chi connectivity index (χ2v) is 4.39. The fourth-order valence-electron chi connectivity index (χ4n) is 1.47. The number of halogens is 1. The van der Waals surface area contributed by atoms with E-state index >= 15 is 0 Å². The SMILES string of the molecule is Cc1csc(C2=CCN(C)CC2)n1.Cl. The van der Waals surface area contributed by atoms with Gasteiger partial charge in [0.1, 0.15) is 5.01 Å². The molecule has 0 aromatic carbocycles. The van der Waals surface area contributed by atoms with Gasteiger partial charge >= 0.3 is 0 Å². The third kappa shape index (κ3) is 2.56. The van der Waals surface area contributed by atoms with Crippen LogP contribution in [0, 0.1) is 6.92 Å². The summed E-state index contributed by atoms with van der Waals surface area (Å²) in [5, 5.41) is 3.33. The Balaban J connectivity index is 0.000000980. The van der Waals surface area contributed by atoms with Crippen molar-refractivity contribution in [3.63, 3.8) is 0 Å². The first-order chi connectivity index (χ1) is 6.25. The summed E-state index contributed by atoms with van der Waals surface area (Å²) >= 11 is 1.76. The molecule has 78 valence electrons. The zero-order chi connectivity index (χ0) is 9.26. The highest BCUT2D eigenvalue weighted by molar-refractivity contribution is 7.10. The quantitative estimate of drug-likeness (QED) is 0.738. The number of thiazole rings is 1. The van der Waals surface area contributed by atoms with E-state index in [0.29, 0.717) is 0 Å². The molecule has 0 N–H and O–H groups in total. The van der Waals surface area contributed by atoms with E-state index in [2.05, 4.69) is 35.3 Å². The Morgan fingerprint density at radius 2 is 2.29 bits per heavy atom. The van der Waals surface area contributed by atoms with Gasteiger partial charge in [0.05, 0.1) is 0 Å². The standard InChI is InChI=1S/C10H14N2S.ClH/c1-8-7-13-10(11-8)9-3-5-12(2)6-4-9;/h3,7H,4-6H2,1-2H3;1H. The maximum Gasteiger partial charge on any atom is 0.119 e. The van der Waals surface area contributed by atoms with Gasteiger partial charge in [-0.1, -0.05) is 6.08 Å². The van der Waals surface area contributed by atoms with Gasteiger partial charge < -0.3 is 4.90 Å². The van der Waals surface area contributed by atoms with Crippen molar-refractivity contribution >= 4 is 29.3 Å². The second kappa shape index (κ2) is 4.91. The van der Waals surface area contributed by atoms with Crippen LogP contribution >= 0.6 is 23.7 Å². The van der Waals surface area contributed by atoms with Gasteiger partial charge in [0.2, 0.25) is 0 Å². The highest BCUT2D eigenvalue weighted by atomic mass is 35.5. The maximum atomic E-state index is 4.49. The molecule has 2 rings (SSSR count). The Morgan fingerprint density at radius 1 is 1.50 bits per heavy atom. The van der Waals surface area contributed by atoms with Gasteiger partial charge in [0.25, 0.3) is 0 Å². The van der Waals surface area contributed by atoms with E-state index in [0.717, 1.165) is 25.2 Å². The van der Waals surface area contributed by atoms with E-state index in [1.807, 2.05) is 0 Å². The van der Waals surface area contributed by atoms with Crippen molar-refractivity contribution in [3.8, 4) is 0 Å². The van der Waals surface area contributed by atoms with Gasteiger partial charge in [0, 0.05) is 24.2 Å². The van der Waals surface area contributed by atoms with Crippen molar-refractivity contribution in [1.82, 2.24) is 9.88 Å². The summed E-state index contributed by atoms with van der Waals surface area (Å²) < 4.78 is 0. The Morgan fingerprint density at radius 3 is 2.79 bits per heavy atom. The number of nitrogens with zero attached hydrogens (tertiary/aromatic N) is 2. The number of rotatable bonds is 1. The number of likely N-dealkylation sites (N-methyl/N-ethyl adjacent to an activating group) is 1. The molecule has 0 aliphatic carbocycles. The summed E-state index contributed by atoms with van der Waals surface area (Å²) in [6, 6.07) is 0. The van der Waals surface area contributed by atoms with E-state index in [-0.39, 0.29) is 12.4 Å². The molecule has 0 saturated heterocycles. The highest BCUT2D eigenvalue weighted by Gasteiger charge is 2.11. The molecule has 1 aromatic heterocycles. The zero-order valence-electron chi connectivity index (χ0n) is 8.49. The van der Waals surface area contributed by atoms with Crippen molar-refractivity contribution in [3.05, 3.63) is 22.2 Å². The lowest BCUT2D eigenvalue weighted by Crippen LogP contribution is -2.23. The first-order valence-corrected chi connectivity index (χ1v) is 5.44.